The van der Waals surface area contributed by atoms with Crippen LogP contribution in [0.15, 0.2) is 48.5 Å². The summed E-state index contributed by atoms with van der Waals surface area (Å²) in [6.45, 7) is 4.15. The van der Waals surface area contributed by atoms with Crippen LogP contribution in [0, 0.1) is 6.92 Å². The van der Waals surface area contributed by atoms with Crippen molar-refractivity contribution < 1.29 is 9.59 Å². The van der Waals surface area contributed by atoms with E-state index in [1.165, 1.54) is 0 Å². The van der Waals surface area contributed by atoms with Crippen molar-refractivity contribution in [2.24, 2.45) is 0 Å². The van der Waals surface area contributed by atoms with E-state index in [0.29, 0.717) is 11.6 Å². The van der Waals surface area contributed by atoms with E-state index < -0.39 is 6.04 Å². The van der Waals surface area contributed by atoms with Gasteiger partial charge in [-0.15, -0.1) is 0 Å². The Morgan fingerprint density at radius 3 is 2.36 bits per heavy atom. The van der Waals surface area contributed by atoms with E-state index in [9.17, 15) is 9.59 Å². The van der Waals surface area contributed by atoms with Crippen molar-refractivity contribution in [2.75, 3.05) is 7.05 Å². The summed E-state index contributed by atoms with van der Waals surface area (Å²) < 4.78 is 0. The first-order valence-corrected chi connectivity index (χ1v) is 8.60. The van der Waals surface area contributed by atoms with Gasteiger partial charge in [-0.2, -0.15) is 0 Å². The smallest absolute Gasteiger partial charge is 0.242 e. The molecule has 2 rings (SSSR count). The maximum atomic E-state index is 12.9. The fourth-order valence-corrected chi connectivity index (χ4v) is 2.77. The Morgan fingerprint density at radius 1 is 1.12 bits per heavy atom. The highest BCUT2D eigenvalue weighted by Crippen LogP contribution is 2.16. The molecule has 1 N–H and O–H groups in total. The summed E-state index contributed by atoms with van der Waals surface area (Å²) in [7, 11) is 1.58. The van der Waals surface area contributed by atoms with Crippen molar-refractivity contribution in [3.8, 4) is 0 Å². The van der Waals surface area contributed by atoms with Crippen molar-refractivity contribution in [1.29, 1.82) is 0 Å². The van der Waals surface area contributed by atoms with Gasteiger partial charge in [0, 0.05) is 18.6 Å². The van der Waals surface area contributed by atoms with Gasteiger partial charge in [0.15, 0.2) is 0 Å². The van der Waals surface area contributed by atoms with Crippen LogP contribution in [0.3, 0.4) is 0 Å². The number of hydrogen-bond donors (Lipinski definition) is 1. The summed E-state index contributed by atoms with van der Waals surface area (Å²) in [5.74, 6) is -0.278. The van der Waals surface area contributed by atoms with Crippen LogP contribution in [-0.4, -0.2) is 29.8 Å². The zero-order valence-corrected chi connectivity index (χ0v) is 15.5. The first kappa shape index (κ1) is 19.0. The first-order valence-electron chi connectivity index (χ1n) is 8.22. The normalized spacial score (nSPS) is 11.7. The van der Waals surface area contributed by atoms with Gasteiger partial charge in [0.2, 0.25) is 11.8 Å². The van der Waals surface area contributed by atoms with Gasteiger partial charge in [-0.1, -0.05) is 48.0 Å². The molecule has 0 aromatic heterocycles. The summed E-state index contributed by atoms with van der Waals surface area (Å²) in [4.78, 5) is 26.6. The second-order valence-corrected chi connectivity index (χ2v) is 6.48. The maximum Gasteiger partial charge on any atom is 0.242 e. The lowest BCUT2D eigenvalue weighted by Gasteiger charge is -2.29. The second-order valence-electron chi connectivity index (χ2n) is 6.04. The number of carbonyl (C=O) groups excluding carboxylic acids is 2. The number of aryl methyl sites for hydroxylation is 1. The molecule has 4 nitrogen and oxygen atoms in total. The topological polar surface area (TPSA) is 49.4 Å². The van der Waals surface area contributed by atoms with Crippen LogP contribution in [0.25, 0.3) is 0 Å². The molecule has 132 valence electrons. The molecule has 0 radical (unpaired) electrons. The number of amides is 2. The number of nitrogens with zero attached hydrogens (tertiary/aromatic N) is 1. The Hall–Kier alpha value is -2.33. The van der Waals surface area contributed by atoms with E-state index in [4.69, 9.17) is 11.6 Å². The van der Waals surface area contributed by atoms with E-state index in [1.54, 1.807) is 31.0 Å². The number of nitrogens with one attached hydrogen (secondary N) is 1. The summed E-state index contributed by atoms with van der Waals surface area (Å²) in [5.41, 5.74) is 2.99. The zero-order valence-electron chi connectivity index (χ0n) is 14.8. The monoisotopic (exact) mass is 358 g/mol. The number of hydrogen-bond acceptors (Lipinski definition) is 2. The van der Waals surface area contributed by atoms with Crippen LogP contribution in [0.1, 0.15) is 23.6 Å². The van der Waals surface area contributed by atoms with Gasteiger partial charge >= 0.3 is 0 Å². The molecule has 0 aliphatic rings. The average Bonchev–Trinajstić information content (AvgIpc) is 2.61. The van der Waals surface area contributed by atoms with Crippen LogP contribution in [-0.2, 0) is 22.6 Å². The van der Waals surface area contributed by atoms with Gasteiger partial charge in [0.05, 0.1) is 6.42 Å². The van der Waals surface area contributed by atoms with Gasteiger partial charge in [0.1, 0.15) is 6.04 Å². The van der Waals surface area contributed by atoms with Gasteiger partial charge in [-0.3, -0.25) is 9.59 Å². The fourth-order valence-electron chi connectivity index (χ4n) is 2.64. The lowest BCUT2D eigenvalue weighted by Crippen LogP contribution is -2.47. The van der Waals surface area contributed by atoms with Crippen molar-refractivity contribution in [2.45, 2.75) is 32.9 Å². The fraction of sp³-hybridized carbons (Fsp3) is 0.300. The Morgan fingerprint density at radius 2 is 1.76 bits per heavy atom. The van der Waals surface area contributed by atoms with E-state index in [1.807, 2.05) is 43.3 Å². The highest BCUT2D eigenvalue weighted by Gasteiger charge is 2.25. The van der Waals surface area contributed by atoms with E-state index >= 15 is 0 Å². The first-order chi connectivity index (χ1) is 11.9. The van der Waals surface area contributed by atoms with E-state index in [-0.39, 0.29) is 18.2 Å². The second kappa shape index (κ2) is 8.67. The third-order valence-corrected chi connectivity index (χ3v) is 4.54. The summed E-state index contributed by atoms with van der Waals surface area (Å²) in [6, 6.07) is 14.5. The predicted molar refractivity (Wildman–Crippen MR) is 100 cm³/mol. The largest absolute Gasteiger partial charge is 0.357 e. The number of benzene rings is 2. The van der Waals surface area contributed by atoms with Crippen molar-refractivity contribution in [1.82, 2.24) is 10.2 Å². The molecule has 2 aromatic rings. The molecule has 0 aliphatic heterocycles. The highest BCUT2D eigenvalue weighted by atomic mass is 35.5. The Balaban J connectivity index is 2.23. The minimum atomic E-state index is -0.551. The van der Waals surface area contributed by atoms with Crippen LogP contribution < -0.4 is 5.32 Å². The molecule has 0 fully saturated rings. The molecule has 2 aromatic carbocycles. The van der Waals surface area contributed by atoms with Gasteiger partial charge in [0.25, 0.3) is 0 Å². The Kier molecular flexibility index (Phi) is 6.59. The van der Waals surface area contributed by atoms with Gasteiger partial charge in [-0.25, -0.2) is 0 Å². The lowest BCUT2D eigenvalue weighted by molar-refractivity contribution is -0.139. The molecule has 0 spiro atoms. The van der Waals surface area contributed by atoms with E-state index in [0.717, 1.165) is 16.7 Å². The lowest BCUT2D eigenvalue weighted by atomic mass is 10.1. The summed E-state index contributed by atoms with van der Waals surface area (Å²) in [5, 5.41) is 3.25. The summed E-state index contributed by atoms with van der Waals surface area (Å²) in [6.07, 6.45) is 0.227. The van der Waals surface area contributed by atoms with Crippen molar-refractivity contribution in [3.63, 3.8) is 0 Å². The molecule has 0 saturated carbocycles. The summed E-state index contributed by atoms with van der Waals surface area (Å²) >= 11 is 5.90. The molecular formula is C20H23ClN2O2. The molecule has 5 heteroatoms. The SMILES string of the molecule is CNC(=O)[C@@H](C)N(Cc1ccccc1C)C(=O)Cc1ccc(Cl)cc1. The van der Waals surface area contributed by atoms with Crippen LogP contribution in [0.4, 0.5) is 0 Å². The Labute approximate surface area is 153 Å². The van der Waals surface area contributed by atoms with Crippen molar-refractivity contribution >= 4 is 23.4 Å². The molecule has 0 saturated heterocycles. The molecule has 0 aliphatic carbocycles. The molecule has 25 heavy (non-hydrogen) atoms. The van der Waals surface area contributed by atoms with Gasteiger partial charge < -0.3 is 10.2 Å². The average molecular weight is 359 g/mol. The third-order valence-electron chi connectivity index (χ3n) is 4.28. The van der Waals surface area contributed by atoms with Crippen molar-refractivity contribution in [3.05, 3.63) is 70.2 Å². The number of likely N-dealkylation sites (N-methyl/N-ethyl adjacent to an activating group) is 1. The molecule has 0 unspecified atom stereocenters. The van der Waals surface area contributed by atoms with Crippen LogP contribution in [0.2, 0.25) is 5.02 Å². The third kappa shape index (κ3) is 5.07. The standard InChI is InChI=1S/C20H23ClN2O2/c1-14-6-4-5-7-17(14)13-23(15(2)20(25)22-3)19(24)12-16-8-10-18(21)11-9-16/h4-11,15H,12-13H2,1-3H3,(H,22,25)/t15-/m1/s1. The predicted octanol–water partition coefficient (Wildman–Crippen LogP) is 3.35. The molecule has 0 bridgehead atoms. The molecule has 1 atom stereocenters. The molecule has 0 heterocycles. The molecular weight excluding hydrogens is 336 g/mol. The number of halogens is 1. The minimum absolute atomic E-state index is 0.0957. The van der Waals surface area contributed by atoms with E-state index in [2.05, 4.69) is 5.32 Å². The minimum Gasteiger partial charge on any atom is -0.357 e. The van der Waals surface area contributed by atoms with Crippen LogP contribution >= 0.6 is 11.6 Å². The quantitative estimate of drug-likeness (QED) is 0.860. The molecule has 2 amide bonds. The number of rotatable bonds is 6. The Bertz CT molecular complexity index is 744. The zero-order chi connectivity index (χ0) is 18.4. The number of carbonyl (C=O) groups is 2. The highest BCUT2D eigenvalue weighted by molar-refractivity contribution is 6.30. The van der Waals surface area contributed by atoms with Gasteiger partial charge in [-0.05, 0) is 42.7 Å². The van der Waals surface area contributed by atoms with Crippen LogP contribution in [0.5, 0.6) is 0 Å². The maximum absolute atomic E-state index is 12.9.